The van der Waals surface area contributed by atoms with Crippen molar-refractivity contribution in [2.45, 2.75) is 6.42 Å². The molecule has 5 heteroatoms. The van der Waals surface area contributed by atoms with Crippen LogP contribution in [-0.4, -0.2) is 43.6 Å². The Hall–Kier alpha value is -0.820. The SMILES string of the molecule is O=C(COc1ccc(I)cc1)N1CCCNCC1. The van der Waals surface area contributed by atoms with Gasteiger partial charge in [-0.2, -0.15) is 0 Å². The average molecular weight is 360 g/mol. The molecule has 0 saturated carbocycles. The van der Waals surface area contributed by atoms with E-state index in [9.17, 15) is 4.79 Å². The molecule has 98 valence electrons. The van der Waals surface area contributed by atoms with Crippen LogP contribution in [0.1, 0.15) is 6.42 Å². The lowest BCUT2D eigenvalue weighted by molar-refractivity contribution is -0.133. The van der Waals surface area contributed by atoms with E-state index in [-0.39, 0.29) is 12.5 Å². The number of rotatable bonds is 3. The number of hydrogen-bond acceptors (Lipinski definition) is 3. The van der Waals surface area contributed by atoms with Crippen LogP contribution < -0.4 is 10.1 Å². The van der Waals surface area contributed by atoms with E-state index in [4.69, 9.17) is 4.74 Å². The van der Waals surface area contributed by atoms with E-state index in [0.717, 1.165) is 41.9 Å². The summed E-state index contributed by atoms with van der Waals surface area (Å²) in [4.78, 5) is 13.8. The fraction of sp³-hybridized carbons (Fsp3) is 0.462. The first-order valence-corrected chi connectivity index (χ1v) is 7.20. The largest absolute Gasteiger partial charge is 0.484 e. The summed E-state index contributed by atoms with van der Waals surface area (Å²) in [5.41, 5.74) is 0. The Kier molecular flexibility index (Phi) is 5.25. The van der Waals surface area contributed by atoms with Gasteiger partial charge in [0, 0.05) is 23.2 Å². The Morgan fingerprint density at radius 2 is 2.06 bits per heavy atom. The number of halogens is 1. The van der Waals surface area contributed by atoms with Gasteiger partial charge in [0.1, 0.15) is 5.75 Å². The molecule has 0 atom stereocenters. The van der Waals surface area contributed by atoms with Crippen LogP contribution in [0.15, 0.2) is 24.3 Å². The molecule has 0 radical (unpaired) electrons. The number of benzene rings is 1. The lowest BCUT2D eigenvalue weighted by Gasteiger charge is -2.19. The van der Waals surface area contributed by atoms with Crippen molar-refractivity contribution in [1.29, 1.82) is 0 Å². The number of amides is 1. The summed E-state index contributed by atoms with van der Waals surface area (Å²) in [6, 6.07) is 7.71. The molecule has 1 saturated heterocycles. The number of hydrogen-bond donors (Lipinski definition) is 1. The molecule has 1 aliphatic rings. The van der Waals surface area contributed by atoms with Crippen molar-refractivity contribution in [1.82, 2.24) is 10.2 Å². The molecule has 0 bridgehead atoms. The molecule has 1 aliphatic heterocycles. The molecular weight excluding hydrogens is 343 g/mol. The molecule has 1 N–H and O–H groups in total. The first-order valence-electron chi connectivity index (χ1n) is 6.12. The molecule has 1 amide bonds. The quantitative estimate of drug-likeness (QED) is 0.831. The minimum Gasteiger partial charge on any atom is -0.484 e. The fourth-order valence-corrected chi connectivity index (χ4v) is 2.22. The highest BCUT2D eigenvalue weighted by Gasteiger charge is 2.15. The highest BCUT2D eigenvalue weighted by Crippen LogP contribution is 2.13. The van der Waals surface area contributed by atoms with Crippen molar-refractivity contribution in [2.24, 2.45) is 0 Å². The van der Waals surface area contributed by atoms with E-state index < -0.39 is 0 Å². The van der Waals surface area contributed by atoms with E-state index in [0.29, 0.717) is 0 Å². The van der Waals surface area contributed by atoms with Crippen molar-refractivity contribution in [3.63, 3.8) is 0 Å². The number of carbonyl (C=O) groups excluding carboxylic acids is 1. The number of ether oxygens (including phenoxy) is 1. The zero-order valence-corrected chi connectivity index (χ0v) is 12.4. The van der Waals surface area contributed by atoms with Gasteiger partial charge >= 0.3 is 0 Å². The maximum Gasteiger partial charge on any atom is 0.260 e. The number of nitrogens with one attached hydrogen (secondary N) is 1. The van der Waals surface area contributed by atoms with Gasteiger partial charge in [-0.1, -0.05) is 0 Å². The lowest BCUT2D eigenvalue weighted by atomic mass is 10.3. The van der Waals surface area contributed by atoms with Gasteiger partial charge in [0.05, 0.1) is 0 Å². The van der Waals surface area contributed by atoms with Gasteiger partial charge in [-0.05, 0) is 59.8 Å². The third-order valence-electron chi connectivity index (χ3n) is 2.87. The van der Waals surface area contributed by atoms with Crippen LogP contribution in [0.2, 0.25) is 0 Å². The molecule has 2 rings (SSSR count). The maximum absolute atomic E-state index is 12.0. The Bertz CT molecular complexity index is 386. The monoisotopic (exact) mass is 360 g/mol. The molecule has 1 aromatic carbocycles. The van der Waals surface area contributed by atoms with Gasteiger partial charge in [-0.3, -0.25) is 4.79 Å². The fourth-order valence-electron chi connectivity index (χ4n) is 1.86. The average Bonchev–Trinajstić information content (AvgIpc) is 2.66. The van der Waals surface area contributed by atoms with Crippen LogP contribution >= 0.6 is 22.6 Å². The van der Waals surface area contributed by atoms with Gasteiger partial charge in [-0.15, -0.1) is 0 Å². The predicted molar refractivity (Wildman–Crippen MR) is 78.7 cm³/mol. The third kappa shape index (κ3) is 4.13. The summed E-state index contributed by atoms with van der Waals surface area (Å²) < 4.78 is 6.66. The molecule has 18 heavy (non-hydrogen) atoms. The van der Waals surface area contributed by atoms with Gasteiger partial charge in [0.25, 0.3) is 5.91 Å². The van der Waals surface area contributed by atoms with Gasteiger partial charge in [-0.25, -0.2) is 0 Å². The highest BCUT2D eigenvalue weighted by molar-refractivity contribution is 14.1. The molecule has 0 unspecified atom stereocenters. The summed E-state index contributed by atoms with van der Waals surface area (Å²) in [6.07, 6.45) is 1.01. The summed E-state index contributed by atoms with van der Waals surface area (Å²) in [7, 11) is 0. The van der Waals surface area contributed by atoms with Gasteiger partial charge in [0.2, 0.25) is 0 Å². The lowest BCUT2D eigenvalue weighted by Crippen LogP contribution is -2.37. The number of carbonyl (C=O) groups is 1. The summed E-state index contributed by atoms with van der Waals surface area (Å²) in [5.74, 6) is 0.814. The van der Waals surface area contributed by atoms with E-state index >= 15 is 0 Å². The van der Waals surface area contributed by atoms with Crippen LogP contribution in [0, 0.1) is 3.57 Å². The second kappa shape index (κ2) is 6.94. The minimum absolute atomic E-state index is 0.0669. The predicted octanol–water partition coefficient (Wildman–Crippen LogP) is 1.49. The van der Waals surface area contributed by atoms with Crippen LogP contribution in [0.5, 0.6) is 5.75 Å². The highest BCUT2D eigenvalue weighted by atomic mass is 127. The molecular formula is C13H17IN2O2. The van der Waals surface area contributed by atoms with Crippen molar-refractivity contribution in [3.05, 3.63) is 27.8 Å². The van der Waals surface area contributed by atoms with Gasteiger partial charge in [0.15, 0.2) is 6.61 Å². The normalized spacial score (nSPS) is 16.2. The van der Waals surface area contributed by atoms with Crippen LogP contribution in [0.4, 0.5) is 0 Å². The van der Waals surface area contributed by atoms with Gasteiger partial charge < -0.3 is 15.0 Å². The van der Waals surface area contributed by atoms with E-state index in [1.54, 1.807) is 0 Å². The smallest absolute Gasteiger partial charge is 0.260 e. The number of nitrogens with zero attached hydrogens (tertiary/aromatic N) is 1. The molecule has 0 aromatic heterocycles. The first-order chi connectivity index (χ1) is 8.75. The second-order valence-corrected chi connectivity index (χ2v) is 5.47. The Morgan fingerprint density at radius 3 is 2.83 bits per heavy atom. The summed E-state index contributed by atoms with van der Waals surface area (Å²) >= 11 is 2.24. The molecule has 1 heterocycles. The Balaban J connectivity index is 1.81. The molecule has 0 aliphatic carbocycles. The van der Waals surface area contributed by atoms with E-state index in [2.05, 4.69) is 27.9 Å². The summed E-state index contributed by atoms with van der Waals surface area (Å²) in [6.45, 7) is 3.58. The zero-order chi connectivity index (χ0) is 12.8. The Labute approximate surface area is 121 Å². The molecule has 4 nitrogen and oxygen atoms in total. The Morgan fingerprint density at radius 1 is 1.28 bits per heavy atom. The molecule has 1 aromatic rings. The topological polar surface area (TPSA) is 41.6 Å². The van der Waals surface area contributed by atoms with Crippen LogP contribution in [0.25, 0.3) is 0 Å². The maximum atomic E-state index is 12.0. The second-order valence-electron chi connectivity index (χ2n) is 4.23. The summed E-state index contributed by atoms with van der Waals surface area (Å²) in [5, 5.41) is 3.28. The minimum atomic E-state index is 0.0669. The van der Waals surface area contributed by atoms with Crippen LogP contribution in [0.3, 0.4) is 0 Å². The van der Waals surface area contributed by atoms with Crippen molar-refractivity contribution in [2.75, 3.05) is 32.8 Å². The van der Waals surface area contributed by atoms with Crippen molar-refractivity contribution in [3.8, 4) is 5.75 Å². The zero-order valence-electron chi connectivity index (χ0n) is 10.2. The van der Waals surface area contributed by atoms with Crippen LogP contribution in [-0.2, 0) is 4.79 Å². The molecule has 0 spiro atoms. The van der Waals surface area contributed by atoms with Crippen molar-refractivity contribution < 1.29 is 9.53 Å². The third-order valence-corrected chi connectivity index (χ3v) is 3.59. The standard InChI is InChI=1S/C13H17IN2O2/c14-11-2-4-12(5-3-11)18-10-13(17)16-8-1-6-15-7-9-16/h2-5,15H,1,6-10H2. The molecule has 1 fully saturated rings. The van der Waals surface area contributed by atoms with Crippen molar-refractivity contribution >= 4 is 28.5 Å². The first kappa shape index (κ1) is 13.6. The van der Waals surface area contributed by atoms with E-state index in [1.807, 2.05) is 29.2 Å². The van der Waals surface area contributed by atoms with E-state index in [1.165, 1.54) is 0 Å².